The highest BCUT2D eigenvalue weighted by molar-refractivity contribution is 6.30. The van der Waals surface area contributed by atoms with E-state index in [2.05, 4.69) is 5.32 Å². The third kappa shape index (κ3) is 5.33. The molecule has 2 aromatic rings. The second kappa shape index (κ2) is 9.23. The zero-order chi connectivity index (χ0) is 18.2. The summed E-state index contributed by atoms with van der Waals surface area (Å²) in [5, 5.41) is 3.54. The molecule has 0 saturated carbocycles. The predicted octanol–water partition coefficient (Wildman–Crippen LogP) is 3.96. The van der Waals surface area contributed by atoms with E-state index in [0.717, 1.165) is 17.5 Å². The van der Waals surface area contributed by atoms with Gasteiger partial charge in [0.05, 0.1) is 0 Å². The van der Waals surface area contributed by atoms with Crippen molar-refractivity contribution >= 4 is 23.4 Å². The van der Waals surface area contributed by atoms with Gasteiger partial charge in [0.1, 0.15) is 6.04 Å². The van der Waals surface area contributed by atoms with E-state index in [0.29, 0.717) is 18.1 Å². The molecule has 0 aliphatic heterocycles. The van der Waals surface area contributed by atoms with Crippen LogP contribution in [0.2, 0.25) is 5.02 Å². The van der Waals surface area contributed by atoms with Crippen molar-refractivity contribution in [1.29, 1.82) is 0 Å². The summed E-state index contributed by atoms with van der Waals surface area (Å²) in [7, 11) is 0. The zero-order valence-electron chi connectivity index (χ0n) is 14.5. The number of carbonyl (C=O) groups is 2. The molecular weight excluding hydrogens is 336 g/mol. The first-order valence-corrected chi connectivity index (χ1v) is 8.75. The van der Waals surface area contributed by atoms with Crippen LogP contribution in [0.5, 0.6) is 0 Å². The van der Waals surface area contributed by atoms with Crippen molar-refractivity contribution in [3.8, 4) is 0 Å². The Bertz CT molecular complexity index is 701. The molecule has 4 nitrogen and oxygen atoms in total. The van der Waals surface area contributed by atoms with Gasteiger partial charge in [-0.05, 0) is 29.7 Å². The molecule has 0 saturated heterocycles. The molecule has 0 heterocycles. The van der Waals surface area contributed by atoms with Crippen molar-refractivity contribution in [3.05, 3.63) is 70.7 Å². The summed E-state index contributed by atoms with van der Waals surface area (Å²) in [4.78, 5) is 26.7. The van der Waals surface area contributed by atoms with Crippen LogP contribution in [0, 0.1) is 0 Å². The van der Waals surface area contributed by atoms with Crippen molar-refractivity contribution in [2.75, 3.05) is 6.54 Å². The number of nitrogens with one attached hydrogen (secondary N) is 1. The van der Waals surface area contributed by atoms with Crippen molar-refractivity contribution < 1.29 is 9.59 Å². The van der Waals surface area contributed by atoms with Crippen molar-refractivity contribution in [1.82, 2.24) is 10.2 Å². The number of hydrogen-bond acceptors (Lipinski definition) is 2. The van der Waals surface area contributed by atoms with Crippen molar-refractivity contribution in [2.45, 2.75) is 32.9 Å². The maximum Gasteiger partial charge on any atom is 0.247 e. The van der Waals surface area contributed by atoms with Gasteiger partial charge in [0.25, 0.3) is 0 Å². The van der Waals surface area contributed by atoms with Gasteiger partial charge in [-0.25, -0.2) is 0 Å². The summed E-state index contributed by atoms with van der Waals surface area (Å²) < 4.78 is 0. The maximum atomic E-state index is 12.8. The Kier molecular flexibility index (Phi) is 7.02. The first-order chi connectivity index (χ1) is 12.0. The number of benzene rings is 2. The Balaban J connectivity index is 2.34. The molecule has 0 unspecified atom stereocenters. The van der Waals surface area contributed by atoms with Gasteiger partial charge < -0.3 is 10.2 Å². The molecule has 5 heteroatoms. The molecule has 25 heavy (non-hydrogen) atoms. The van der Waals surface area contributed by atoms with Gasteiger partial charge >= 0.3 is 0 Å². The highest BCUT2D eigenvalue weighted by atomic mass is 35.5. The molecule has 1 atom stereocenters. The minimum absolute atomic E-state index is 0.157. The molecule has 1 N–H and O–H groups in total. The number of nitrogens with zero attached hydrogens (tertiary/aromatic N) is 1. The second-order valence-corrected chi connectivity index (χ2v) is 6.31. The van der Waals surface area contributed by atoms with Gasteiger partial charge in [-0.15, -0.1) is 0 Å². The average molecular weight is 359 g/mol. The Morgan fingerprint density at radius 3 is 2.28 bits per heavy atom. The van der Waals surface area contributed by atoms with Crippen LogP contribution < -0.4 is 5.32 Å². The summed E-state index contributed by atoms with van der Waals surface area (Å²) in [6, 6.07) is 16.0. The van der Waals surface area contributed by atoms with Crippen LogP contribution in [0.1, 0.15) is 37.4 Å². The fourth-order valence-corrected chi connectivity index (χ4v) is 2.75. The summed E-state index contributed by atoms with van der Waals surface area (Å²) in [6.45, 7) is 4.40. The van der Waals surface area contributed by atoms with Gasteiger partial charge in [-0.2, -0.15) is 0 Å². The SMILES string of the molecule is CCCNC(=O)[C@H](c1ccccc1)N(Cc1ccc(Cl)cc1)C(C)=O. The van der Waals surface area contributed by atoms with Crippen LogP contribution in [0.3, 0.4) is 0 Å². The summed E-state index contributed by atoms with van der Waals surface area (Å²) in [5.41, 5.74) is 1.71. The van der Waals surface area contributed by atoms with Crippen molar-refractivity contribution in [2.24, 2.45) is 0 Å². The van der Waals surface area contributed by atoms with Crippen LogP contribution in [0.25, 0.3) is 0 Å². The van der Waals surface area contributed by atoms with Gasteiger partial charge in [0, 0.05) is 25.0 Å². The van der Waals surface area contributed by atoms with Gasteiger partial charge in [-0.3, -0.25) is 9.59 Å². The van der Waals surface area contributed by atoms with Crippen LogP contribution in [0.15, 0.2) is 54.6 Å². The normalized spacial score (nSPS) is 11.6. The molecule has 0 spiro atoms. The number of halogens is 1. The van der Waals surface area contributed by atoms with Gasteiger partial charge in [0.15, 0.2) is 0 Å². The zero-order valence-corrected chi connectivity index (χ0v) is 15.3. The number of rotatable bonds is 7. The third-order valence-electron chi connectivity index (χ3n) is 3.90. The second-order valence-electron chi connectivity index (χ2n) is 5.88. The van der Waals surface area contributed by atoms with Gasteiger partial charge in [0.2, 0.25) is 11.8 Å². The summed E-state index contributed by atoms with van der Waals surface area (Å²) in [5.74, 6) is -0.326. The lowest BCUT2D eigenvalue weighted by molar-refractivity contribution is -0.140. The molecule has 0 aromatic heterocycles. The lowest BCUT2D eigenvalue weighted by Gasteiger charge is -2.30. The van der Waals surface area contributed by atoms with Crippen LogP contribution in [-0.2, 0) is 16.1 Å². The highest BCUT2D eigenvalue weighted by Crippen LogP contribution is 2.24. The minimum Gasteiger partial charge on any atom is -0.354 e. The molecular formula is C20H23ClN2O2. The van der Waals surface area contributed by atoms with E-state index in [1.54, 1.807) is 17.0 Å². The van der Waals surface area contributed by atoms with E-state index in [-0.39, 0.29) is 11.8 Å². The molecule has 0 aliphatic carbocycles. The quantitative estimate of drug-likeness (QED) is 0.814. The van der Waals surface area contributed by atoms with Crippen molar-refractivity contribution in [3.63, 3.8) is 0 Å². The first kappa shape index (κ1) is 19.0. The monoisotopic (exact) mass is 358 g/mol. The van der Waals surface area contributed by atoms with E-state index in [1.165, 1.54) is 6.92 Å². The van der Waals surface area contributed by atoms with E-state index in [4.69, 9.17) is 11.6 Å². The van der Waals surface area contributed by atoms with E-state index < -0.39 is 6.04 Å². The number of carbonyl (C=O) groups excluding carboxylic acids is 2. The maximum absolute atomic E-state index is 12.8. The van der Waals surface area contributed by atoms with Crippen LogP contribution in [-0.4, -0.2) is 23.3 Å². The smallest absolute Gasteiger partial charge is 0.247 e. The highest BCUT2D eigenvalue weighted by Gasteiger charge is 2.29. The van der Waals surface area contributed by atoms with E-state index >= 15 is 0 Å². The predicted molar refractivity (Wildman–Crippen MR) is 100 cm³/mol. The van der Waals surface area contributed by atoms with Crippen LogP contribution in [0.4, 0.5) is 0 Å². The standard InChI is InChI=1S/C20H23ClN2O2/c1-3-13-22-20(25)19(17-7-5-4-6-8-17)23(15(2)24)14-16-9-11-18(21)12-10-16/h4-12,19H,3,13-14H2,1-2H3,(H,22,25)/t19-/m0/s1. The Hall–Kier alpha value is -2.33. The van der Waals surface area contributed by atoms with Crippen LogP contribution >= 0.6 is 11.6 Å². The summed E-state index contributed by atoms with van der Waals surface area (Å²) >= 11 is 5.93. The number of hydrogen-bond donors (Lipinski definition) is 1. The van der Waals surface area contributed by atoms with Gasteiger partial charge in [-0.1, -0.05) is 61.0 Å². The third-order valence-corrected chi connectivity index (χ3v) is 4.15. The molecule has 0 fully saturated rings. The topological polar surface area (TPSA) is 49.4 Å². The fourth-order valence-electron chi connectivity index (χ4n) is 2.62. The molecule has 2 rings (SSSR count). The lowest BCUT2D eigenvalue weighted by Crippen LogP contribution is -2.42. The molecule has 0 aliphatic rings. The molecule has 2 amide bonds. The van der Waals surface area contributed by atoms with E-state index in [1.807, 2.05) is 49.4 Å². The Labute approximate surface area is 153 Å². The summed E-state index contributed by atoms with van der Waals surface area (Å²) in [6.07, 6.45) is 0.838. The average Bonchev–Trinajstić information content (AvgIpc) is 2.62. The Morgan fingerprint density at radius 2 is 1.72 bits per heavy atom. The molecule has 0 bridgehead atoms. The number of amides is 2. The molecule has 132 valence electrons. The molecule has 0 radical (unpaired) electrons. The minimum atomic E-state index is -0.666. The molecule has 2 aromatic carbocycles. The first-order valence-electron chi connectivity index (χ1n) is 8.37. The lowest BCUT2D eigenvalue weighted by atomic mass is 10.0. The van der Waals surface area contributed by atoms with E-state index in [9.17, 15) is 9.59 Å². The Morgan fingerprint density at radius 1 is 1.08 bits per heavy atom. The largest absolute Gasteiger partial charge is 0.354 e. The fraction of sp³-hybridized carbons (Fsp3) is 0.300.